The maximum atomic E-state index is 13.3. The highest BCUT2D eigenvalue weighted by Crippen LogP contribution is 2.36. The van der Waals surface area contributed by atoms with Crippen molar-refractivity contribution in [2.45, 2.75) is 6.42 Å². The normalized spacial score (nSPS) is 10.6. The number of aromatic amines is 1. The number of pyridine rings is 1. The average Bonchev–Trinajstić information content (AvgIpc) is 3.10. The highest BCUT2D eigenvalue weighted by atomic mass is 32.2. The van der Waals surface area contributed by atoms with Crippen molar-refractivity contribution in [3.05, 3.63) is 54.1 Å². The Morgan fingerprint density at radius 2 is 1.89 bits per heavy atom. The minimum atomic E-state index is -0.319. The van der Waals surface area contributed by atoms with Crippen molar-refractivity contribution in [2.24, 2.45) is 0 Å². The molecule has 0 aliphatic carbocycles. The molecule has 2 aromatic heterocycles. The van der Waals surface area contributed by atoms with Crippen molar-refractivity contribution in [3.8, 4) is 11.1 Å². The number of anilines is 1. The Hall–Kier alpha value is -2.93. The van der Waals surface area contributed by atoms with Gasteiger partial charge in [0.15, 0.2) is 0 Å². The first-order valence-corrected chi connectivity index (χ1v) is 9.87. The van der Waals surface area contributed by atoms with Gasteiger partial charge in [0, 0.05) is 22.8 Å². The van der Waals surface area contributed by atoms with Crippen LogP contribution in [0.25, 0.3) is 32.8 Å². The number of aldehydes is 1. The third kappa shape index (κ3) is 3.78. The average molecular weight is 382 g/mol. The maximum absolute atomic E-state index is 13.3. The van der Waals surface area contributed by atoms with Gasteiger partial charge in [0.05, 0.1) is 17.4 Å². The van der Waals surface area contributed by atoms with Crippen LogP contribution in [-0.4, -0.2) is 34.0 Å². The van der Waals surface area contributed by atoms with E-state index in [0.29, 0.717) is 11.5 Å². The number of nitrogens with one attached hydrogen (secondary N) is 1. The Kier molecular flexibility index (Phi) is 5.71. The first-order chi connectivity index (χ1) is 13.1. The number of nitrogen functional groups attached to an aromatic ring is 1. The first-order valence-electron chi connectivity index (χ1n) is 8.24. The van der Waals surface area contributed by atoms with Gasteiger partial charge in [-0.15, -0.1) is 0 Å². The van der Waals surface area contributed by atoms with E-state index in [1.807, 2.05) is 24.6 Å². The lowest BCUT2D eigenvalue weighted by Crippen LogP contribution is -2.02. The summed E-state index contributed by atoms with van der Waals surface area (Å²) in [5.74, 6) is 0.0323. The van der Waals surface area contributed by atoms with E-state index < -0.39 is 0 Å². The molecule has 0 aliphatic rings. The van der Waals surface area contributed by atoms with E-state index in [4.69, 9.17) is 5.73 Å². The Morgan fingerprint density at radius 3 is 2.56 bits per heavy atom. The van der Waals surface area contributed by atoms with Crippen molar-refractivity contribution in [1.82, 2.24) is 15.2 Å². The van der Waals surface area contributed by atoms with Crippen LogP contribution in [0.15, 0.2) is 42.6 Å². The molecule has 5 nitrogen and oxygen atoms in total. The number of carbonyl (C=O) groups excluding carboxylic acids is 1. The highest BCUT2D eigenvalue weighted by Gasteiger charge is 2.15. The third-order valence-corrected chi connectivity index (χ3v) is 4.08. The number of fused-ring (bicyclic) bond motifs is 2. The Morgan fingerprint density at radius 1 is 1.19 bits per heavy atom. The molecule has 2 aromatic carbocycles. The monoisotopic (exact) mass is 382 g/mol. The third-order valence-electron chi connectivity index (χ3n) is 4.08. The summed E-state index contributed by atoms with van der Waals surface area (Å²) in [5, 5.41) is 9.49. The second-order valence-electron chi connectivity index (χ2n) is 5.96. The van der Waals surface area contributed by atoms with Crippen molar-refractivity contribution in [2.75, 3.05) is 18.2 Å². The van der Waals surface area contributed by atoms with Gasteiger partial charge in [-0.3, -0.25) is 5.10 Å². The molecule has 4 rings (SSSR count). The van der Waals surface area contributed by atoms with E-state index in [1.165, 1.54) is 12.1 Å². The summed E-state index contributed by atoms with van der Waals surface area (Å²) in [4.78, 5) is 15.5. The number of carbonyl (C=O) groups is 1. The zero-order valence-corrected chi connectivity index (χ0v) is 15.8. The zero-order chi connectivity index (χ0) is 19.4. The fraction of sp³-hybridized carbons (Fsp3) is 0.150. The molecule has 0 radical (unpaired) electrons. The molecule has 27 heavy (non-hydrogen) atoms. The SMILES string of the molecule is CSC.Nc1nc(CC=O)c(-c2ccc(F)cc2)c2cc3cn[nH]c3cc12. The number of thioether (sulfide) groups is 1. The minimum Gasteiger partial charge on any atom is -0.383 e. The van der Waals surface area contributed by atoms with Crippen molar-refractivity contribution < 1.29 is 9.18 Å². The van der Waals surface area contributed by atoms with Crippen molar-refractivity contribution in [3.63, 3.8) is 0 Å². The predicted octanol–water partition coefficient (Wildman–Crippen LogP) is 4.22. The summed E-state index contributed by atoms with van der Waals surface area (Å²) in [5.41, 5.74) is 9.09. The molecule has 7 heteroatoms. The number of hydrogen-bond acceptors (Lipinski definition) is 5. The van der Waals surface area contributed by atoms with Crippen LogP contribution in [0.3, 0.4) is 0 Å². The van der Waals surface area contributed by atoms with Crippen LogP contribution < -0.4 is 5.73 Å². The van der Waals surface area contributed by atoms with Crippen LogP contribution in [0.1, 0.15) is 5.69 Å². The number of benzene rings is 2. The molecule has 0 spiro atoms. The zero-order valence-electron chi connectivity index (χ0n) is 15.0. The van der Waals surface area contributed by atoms with Gasteiger partial charge >= 0.3 is 0 Å². The van der Waals surface area contributed by atoms with Crippen LogP contribution in [0.2, 0.25) is 0 Å². The minimum absolute atomic E-state index is 0.135. The molecule has 0 bridgehead atoms. The quantitative estimate of drug-likeness (QED) is 0.518. The van der Waals surface area contributed by atoms with Crippen LogP contribution in [0.4, 0.5) is 10.2 Å². The van der Waals surface area contributed by atoms with Crippen LogP contribution in [-0.2, 0) is 11.2 Å². The molecule has 0 amide bonds. The summed E-state index contributed by atoms with van der Waals surface area (Å²) in [7, 11) is 0. The summed E-state index contributed by atoms with van der Waals surface area (Å²) < 4.78 is 13.3. The van der Waals surface area contributed by atoms with Gasteiger partial charge in [0.1, 0.15) is 17.9 Å². The molecule has 2 heterocycles. The molecule has 3 N–H and O–H groups in total. The Bertz CT molecular complexity index is 1090. The van der Waals surface area contributed by atoms with E-state index in [1.54, 1.807) is 30.1 Å². The first kappa shape index (κ1) is 18.8. The molecule has 138 valence electrons. The van der Waals surface area contributed by atoms with E-state index >= 15 is 0 Å². The molecular weight excluding hydrogens is 363 g/mol. The van der Waals surface area contributed by atoms with Gasteiger partial charge in [-0.1, -0.05) is 12.1 Å². The topological polar surface area (TPSA) is 84.7 Å². The van der Waals surface area contributed by atoms with Gasteiger partial charge < -0.3 is 10.5 Å². The second kappa shape index (κ2) is 8.18. The van der Waals surface area contributed by atoms with E-state index in [9.17, 15) is 9.18 Å². The summed E-state index contributed by atoms with van der Waals surface area (Å²) >= 11 is 1.75. The second-order valence-corrected chi connectivity index (χ2v) is 6.78. The standard InChI is InChI=1S/C18H13FN4O.C2H6S/c19-12-3-1-10(2-4-12)17-13-7-11-9-21-23-16(11)8-14(13)18(20)22-15(17)5-6-24;1-3-2/h1-4,6-9H,5H2,(H2,20,22)(H,21,23);1-2H3. The summed E-state index contributed by atoms with van der Waals surface area (Å²) in [6.07, 6.45) is 6.73. The molecular formula is C20H19FN4OS. The number of nitrogens with zero attached hydrogens (tertiary/aromatic N) is 2. The van der Waals surface area contributed by atoms with Crippen LogP contribution >= 0.6 is 11.8 Å². The lowest BCUT2D eigenvalue weighted by molar-refractivity contribution is -0.107. The molecule has 0 unspecified atom stereocenters. The number of halogens is 1. The largest absolute Gasteiger partial charge is 0.383 e. The molecule has 0 saturated heterocycles. The van der Waals surface area contributed by atoms with Gasteiger partial charge in [0.2, 0.25) is 0 Å². The van der Waals surface area contributed by atoms with E-state index in [-0.39, 0.29) is 12.2 Å². The number of H-pyrrole nitrogens is 1. The van der Waals surface area contributed by atoms with Crippen molar-refractivity contribution >= 4 is 45.5 Å². The summed E-state index contributed by atoms with van der Waals surface area (Å²) in [6.45, 7) is 0. The molecule has 0 aliphatic heterocycles. The number of aromatic nitrogens is 3. The van der Waals surface area contributed by atoms with Crippen molar-refractivity contribution in [1.29, 1.82) is 0 Å². The lowest BCUT2D eigenvalue weighted by Gasteiger charge is -2.13. The lowest BCUT2D eigenvalue weighted by atomic mass is 9.95. The molecule has 0 atom stereocenters. The Balaban J connectivity index is 0.000000659. The van der Waals surface area contributed by atoms with E-state index in [2.05, 4.69) is 15.2 Å². The fourth-order valence-corrected chi connectivity index (χ4v) is 2.99. The van der Waals surface area contributed by atoms with Crippen LogP contribution in [0, 0.1) is 5.82 Å². The van der Waals surface area contributed by atoms with Gasteiger partial charge in [0.25, 0.3) is 0 Å². The smallest absolute Gasteiger partial charge is 0.131 e. The van der Waals surface area contributed by atoms with Gasteiger partial charge in [-0.05, 0) is 47.7 Å². The van der Waals surface area contributed by atoms with E-state index in [0.717, 1.165) is 39.1 Å². The molecule has 0 saturated carbocycles. The molecule has 0 fully saturated rings. The fourth-order valence-electron chi connectivity index (χ4n) is 2.99. The Labute approximate surface area is 160 Å². The van der Waals surface area contributed by atoms with Gasteiger partial charge in [-0.25, -0.2) is 9.37 Å². The highest BCUT2D eigenvalue weighted by molar-refractivity contribution is 7.97. The van der Waals surface area contributed by atoms with Gasteiger partial charge in [-0.2, -0.15) is 16.9 Å². The molecule has 4 aromatic rings. The summed E-state index contributed by atoms with van der Waals surface area (Å²) in [6, 6.07) is 9.97. The predicted molar refractivity (Wildman–Crippen MR) is 110 cm³/mol. The number of nitrogens with two attached hydrogens (primary N) is 1. The van der Waals surface area contributed by atoms with Crippen LogP contribution in [0.5, 0.6) is 0 Å². The number of rotatable bonds is 3. The number of hydrogen-bond donors (Lipinski definition) is 2. The maximum Gasteiger partial charge on any atom is 0.131 e.